The van der Waals surface area contributed by atoms with Crippen molar-refractivity contribution in [3.8, 4) is 0 Å². The van der Waals surface area contributed by atoms with Crippen molar-refractivity contribution in [3.05, 3.63) is 22.3 Å². The average Bonchev–Trinajstić information content (AvgIpc) is 3.31. The molecule has 0 aromatic rings. The lowest BCUT2D eigenvalue weighted by molar-refractivity contribution is -0.179. The lowest BCUT2D eigenvalue weighted by atomic mass is 9.92. The summed E-state index contributed by atoms with van der Waals surface area (Å²) in [5, 5.41) is 11.2. The van der Waals surface area contributed by atoms with Gasteiger partial charge in [0.1, 0.15) is 23.4 Å². The number of carbonyl (C=O) groups excluding carboxylic acids is 4. The Labute approximate surface area is 286 Å². The Bertz CT molecular complexity index is 1250. The predicted octanol–water partition coefficient (Wildman–Crippen LogP) is 3.74. The number of carbonyl (C=O) groups is 4. The molecule has 0 aromatic heterocycles. The van der Waals surface area contributed by atoms with Gasteiger partial charge in [-0.2, -0.15) is 0 Å². The fourth-order valence-corrected chi connectivity index (χ4v) is 4.78. The van der Waals surface area contributed by atoms with E-state index in [1.54, 1.807) is 55.4 Å². The number of azide groups is 1. The Hall–Kier alpha value is -4.12. The fraction of sp³-hybridized carbons (Fsp3) is 0.774. The number of nitrogens with zero attached hydrogens (tertiary/aromatic N) is 4. The molecule has 0 saturated carbocycles. The highest BCUT2D eigenvalue weighted by Gasteiger charge is 2.49. The van der Waals surface area contributed by atoms with Gasteiger partial charge in [0.25, 0.3) is 0 Å². The second kappa shape index (κ2) is 18.0. The molecule has 0 aliphatic carbocycles. The van der Waals surface area contributed by atoms with Crippen LogP contribution in [0, 0.1) is 0 Å². The molecule has 0 unspecified atom stereocenters. The maximum Gasteiger partial charge on any atom is 0.414 e. The Kier molecular flexibility index (Phi) is 15.1. The first-order chi connectivity index (χ1) is 22.7. The molecule has 3 N–H and O–H groups in total. The Morgan fingerprint density at radius 3 is 2.14 bits per heavy atom. The van der Waals surface area contributed by atoms with E-state index in [9.17, 15) is 19.2 Å². The number of aliphatic imine (C=N–C) groups is 1. The number of unbranched alkanes of at least 4 members (excludes halogenated alkanes) is 2. The van der Waals surface area contributed by atoms with Crippen LogP contribution in [0.1, 0.15) is 81.6 Å². The smallest absolute Gasteiger partial charge is 0.414 e. The van der Waals surface area contributed by atoms with Gasteiger partial charge in [0.15, 0.2) is 11.9 Å². The summed E-state index contributed by atoms with van der Waals surface area (Å²) in [5.41, 5.74) is 6.74. The summed E-state index contributed by atoms with van der Waals surface area (Å²) in [7, 11) is 1.17. The third-order valence-electron chi connectivity index (χ3n) is 6.58. The molecule has 276 valence electrons. The second-order valence-corrected chi connectivity index (χ2v) is 13.8. The summed E-state index contributed by atoms with van der Waals surface area (Å²) in [4.78, 5) is 58.5. The Morgan fingerprint density at radius 2 is 1.65 bits per heavy atom. The molecule has 3 amide bonds. The van der Waals surface area contributed by atoms with Gasteiger partial charge in [-0.05, 0) is 79.8 Å². The zero-order valence-corrected chi connectivity index (χ0v) is 30.0. The number of rotatable bonds is 12. The summed E-state index contributed by atoms with van der Waals surface area (Å²) < 4.78 is 40.2. The van der Waals surface area contributed by atoms with Crippen LogP contribution in [0.2, 0.25) is 0 Å². The highest BCUT2D eigenvalue weighted by Crippen LogP contribution is 2.33. The molecule has 2 heterocycles. The van der Waals surface area contributed by atoms with E-state index in [0.29, 0.717) is 25.8 Å². The van der Waals surface area contributed by atoms with E-state index in [1.807, 2.05) is 0 Å². The van der Waals surface area contributed by atoms with Gasteiger partial charge in [-0.3, -0.25) is 15.4 Å². The lowest BCUT2D eigenvalue weighted by Crippen LogP contribution is -2.61. The number of esters is 1. The third kappa shape index (κ3) is 14.9. The van der Waals surface area contributed by atoms with E-state index >= 15 is 0 Å². The summed E-state index contributed by atoms with van der Waals surface area (Å²) in [6.07, 6.45) is -1.48. The van der Waals surface area contributed by atoms with Crippen molar-refractivity contribution >= 4 is 30.0 Å². The molecule has 2 rings (SSSR count). The molecule has 0 aromatic carbocycles. The maximum absolute atomic E-state index is 12.9. The molecule has 5 atom stereocenters. The second-order valence-electron chi connectivity index (χ2n) is 13.8. The number of nitrogens with one attached hydrogen (secondary N) is 3. The Morgan fingerprint density at radius 1 is 1.04 bits per heavy atom. The number of methoxy groups -OCH3 is 1. The van der Waals surface area contributed by atoms with Gasteiger partial charge < -0.3 is 38.5 Å². The molecule has 0 spiro atoms. The van der Waals surface area contributed by atoms with E-state index < -0.39 is 77.4 Å². The quantitative estimate of drug-likeness (QED) is 0.0389. The molecular weight excluding hydrogens is 646 g/mol. The summed E-state index contributed by atoms with van der Waals surface area (Å²) >= 11 is 0. The average molecular weight is 698 g/mol. The zero-order valence-electron chi connectivity index (χ0n) is 30.0. The Balaban J connectivity index is 2.61. The minimum Gasteiger partial charge on any atom is -0.478 e. The molecule has 49 heavy (non-hydrogen) atoms. The van der Waals surface area contributed by atoms with Gasteiger partial charge in [0, 0.05) is 25.0 Å². The highest BCUT2D eigenvalue weighted by molar-refractivity contribution is 6.01. The number of alkyl carbamates (subject to hydrolysis) is 2. The van der Waals surface area contributed by atoms with Crippen LogP contribution in [0.3, 0.4) is 0 Å². The standard InChI is InChI=1S/C31H51N7O11/c1-18(39)34-22-19(35-26(36-27(41)48-29(2,3)4)37-28(42)49-30(5,6)7)16-20(25(40)43-10)46-24(22)23(21-17-45-31(8,9)47-21)44-15-13-11-12-14-33-38-32/h16,19,21-24H,11-15,17H2,1-10H3,(H,34,39)(H2,35,36,37,41,42)/t19-,21+,22+,23+,24+/m0/s1. The SMILES string of the molecule is COC(=O)C1=C[C@H](N=C(NC(=O)OC(C)(C)C)NC(=O)OC(C)(C)C)[C@@H](NC(C)=O)[C@H]([C@H](OCCCCCN=[N+]=[N-])[C@H]2COC(C)(C)O2)O1. The molecule has 18 nitrogen and oxygen atoms in total. The monoisotopic (exact) mass is 697 g/mol. The van der Waals surface area contributed by atoms with E-state index in [0.717, 1.165) is 0 Å². The topological polar surface area (TPSA) is 230 Å². The minimum absolute atomic E-state index is 0.0953. The molecule has 2 aliphatic heterocycles. The first-order valence-corrected chi connectivity index (χ1v) is 16.0. The van der Waals surface area contributed by atoms with Crippen LogP contribution < -0.4 is 16.0 Å². The predicted molar refractivity (Wildman–Crippen MR) is 175 cm³/mol. The van der Waals surface area contributed by atoms with Crippen LogP contribution in [0.15, 0.2) is 21.9 Å². The molecule has 1 fully saturated rings. The van der Waals surface area contributed by atoms with Crippen molar-refractivity contribution in [1.29, 1.82) is 0 Å². The lowest BCUT2D eigenvalue weighted by Gasteiger charge is -2.41. The van der Waals surface area contributed by atoms with Gasteiger partial charge in [0.2, 0.25) is 17.6 Å². The summed E-state index contributed by atoms with van der Waals surface area (Å²) in [6, 6.07) is -2.22. The van der Waals surface area contributed by atoms with Crippen LogP contribution in [0.5, 0.6) is 0 Å². The van der Waals surface area contributed by atoms with Gasteiger partial charge in [-0.25, -0.2) is 19.4 Å². The van der Waals surface area contributed by atoms with Crippen molar-refractivity contribution < 1.29 is 52.3 Å². The van der Waals surface area contributed by atoms with Crippen LogP contribution in [0.25, 0.3) is 10.4 Å². The summed E-state index contributed by atoms with van der Waals surface area (Å²) in [5.74, 6) is -2.97. The van der Waals surface area contributed by atoms with E-state index in [-0.39, 0.29) is 19.0 Å². The number of guanidine groups is 1. The molecular formula is C31H51N7O11. The van der Waals surface area contributed by atoms with Crippen molar-refractivity contribution in [2.24, 2.45) is 10.1 Å². The maximum atomic E-state index is 12.9. The van der Waals surface area contributed by atoms with Crippen LogP contribution in [0.4, 0.5) is 9.59 Å². The number of ether oxygens (including phenoxy) is 7. The highest BCUT2D eigenvalue weighted by atomic mass is 16.8. The van der Waals surface area contributed by atoms with E-state index in [2.05, 4.69) is 31.0 Å². The molecule has 0 radical (unpaired) electrons. The number of hydrogen-bond donors (Lipinski definition) is 3. The molecule has 1 saturated heterocycles. The third-order valence-corrected chi connectivity index (χ3v) is 6.58. The van der Waals surface area contributed by atoms with Crippen LogP contribution in [-0.4, -0.2) is 104 Å². The molecule has 18 heteroatoms. The van der Waals surface area contributed by atoms with Gasteiger partial charge in [-0.1, -0.05) is 11.5 Å². The van der Waals surface area contributed by atoms with E-state index in [1.165, 1.54) is 20.1 Å². The van der Waals surface area contributed by atoms with Crippen molar-refractivity contribution in [2.45, 2.75) is 129 Å². The first-order valence-electron chi connectivity index (χ1n) is 16.0. The van der Waals surface area contributed by atoms with Crippen molar-refractivity contribution in [2.75, 3.05) is 26.9 Å². The summed E-state index contributed by atoms with van der Waals surface area (Å²) in [6.45, 7) is 15.3. The zero-order chi connectivity index (χ0) is 37.0. The molecule has 0 bridgehead atoms. The molecule has 2 aliphatic rings. The van der Waals surface area contributed by atoms with Crippen molar-refractivity contribution in [3.63, 3.8) is 0 Å². The normalized spacial score (nSPS) is 22.2. The van der Waals surface area contributed by atoms with Gasteiger partial charge in [0.05, 0.1) is 25.8 Å². The van der Waals surface area contributed by atoms with Crippen LogP contribution >= 0.6 is 0 Å². The number of amides is 3. The van der Waals surface area contributed by atoms with E-state index in [4.69, 9.17) is 38.7 Å². The fourth-order valence-electron chi connectivity index (χ4n) is 4.78. The first kappa shape index (κ1) is 41.1. The minimum atomic E-state index is -1.16. The van der Waals surface area contributed by atoms with Crippen LogP contribution in [-0.2, 0) is 42.7 Å². The van der Waals surface area contributed by atoms with Gasteiger partial charge >= 0.3 is 18.2 Å². The van der Waals surface area contributed by atoms with Gasteiger partial charge in [-0.15, -0.1) is 0 Å². The van der Waals surface area contributed by atoms with Crippen molar-refractivity contribution in [1.82, 2.24) is 16.0 Å². The largest absolute Gasteiger partial charge is 0.478 e. The number of hydrogen-bond acceptors (Lipinski definition) is 13.